The van der Waals surface area contributed by atoms with Gasteiger partial charge in [-0.3, -0.25) is 10.1 Å². The number of alkyl halides is 1. The predicted molar refractivity (Wildman–Crippen MR) is 60.1 cm³/mol. The molecule has 0 aromatic carbocycles. The molecule has 1 unspecified atom stereocenters. The van der Waals surface area contributed by atoms with Gasteiger partial charge >= 0.3 is 5.79 Å². The Morgan fingerprint density at radius 3 is 2.61 bits per heavy atom. The van der Waals surface area contributed by atoms with Crippen LogP contribution < -0.4 is 0 Å². The van der Waals surface area contributed by atoms with Crippen molar-refractivity contribution in [3.8, 4) is 0 Å². The molecule has 1 rings (SSSR count). The molecule has 18 heavy (non-hydrogen) atoms. The molecule has 1 aromatic rings. The summed E-state index contributed by atoms with van der Waals surface area (Å²) in [6.45, 7) is 3.19. The van der Waals surface area contributed by atoms with Crippen molar-refractivity contribution in [1.29, 1.82) is 0 Å². The van der Waals surface area contributed by atoms with Crippen LogP contribution in [0.15, 0.2) is 22.2 Å². The molecule has 0 amide bonds. The third kappa shape index (κ3) is 2.05. The topological polar surface area (TPSA) is 71.9 Å². The molecule has 1 aromatic heterocycles. The third-order valence-corrected chi connectivity index (χ3v) is 2.68. The maximum absolute atomic E-state index is 14.7. The Labute approximate surface area is 102 Å². The summed E-state index contributed by atoms with van der Waals surface area (Å²) in [5.41, 5.74) is -0.163. The molecule has 6 nitrogen and oxygen atoms in total. The van der Waals surface area contributed by atoms with Gasteiger partial charge in [0.25, 0.3) is 5.84 Å². The number of halogens is 2. The first kappa shape index (κ1) is 14.1. The summed E-state index contributed by atoms with van der Waals surface area (Å²) in [5, 5.41) is 13.2. The van der Waals surface area contributed by atoms with Crippen molar-refractivity contribution >= 4 is 5.84 Å². The highest BCUT2D eigenvalue weighted by molar-refractivity contribution is 5.89. The Kier molecular flexibility index (Phi) is 4.00. The van der Waals surface area contributed by atoms with Crippen molar-refractivity contribution in [2.75, 3.05) is 13.6 Å². The van der Waals surface area contributed by atoms with Crippen LogP contribution in [-0.4, -0.2) is 29.3 Å². The molecular weight excluding hydrogens is 248 g/mol. The first-order valence-electron chi connectivity index (χ1n) is 5.16. The molecule has 0 aliphatic carbocycles. The van der Waals surface area contributed by atoms with Gasteiger partial charge in [-0.2, -0.15) is 4.39 Å². The molecule has 0 bridgehead atoms. The lowest BCUT2D eigenvalue weighted by atomic mass is 10.0. The number of hydrogen-bond acceptors (Lipinski definition) is 4. The third-order valence-electron chi connectivity index (χ3n) is 2.68. The lowest BCUT2D eigenvalue weighted by Crippen LogP contribution is -2.47. The molecule has 0 radical (unpaired) electrons. The fourth-order valence-corrected chi connectivity index (χ4v) is 1.52. The Bertz CT molecular complexity index is 475. The van der Waals surface area contributed by atoms with E-state index in [2.05, 4.69) is 5.21 Å². The predicted octanol–water partition coefficient (Wildman–Crippen LogP) is 2.22. The quantitative estimate of drug-likeness (QED) is 0.274. The highest BCUT2D eigenvalue weighted by atomic mass is 19.2. The molecule has 0 N–H and O–H groups in total. The molecule has 8 heteroatoms. The highest BCUT2D eigenvalue weighted by Crippen LogP contribution is 2.33. The normalized spacial score (nSPS) is 15.3. The summed E-state index contributed by atoms with van der Waals surface area (Å²) >= 11 is 0. The monoisotopic (exact) mass is 261 g/mol. The molecular formula is C10H13F2N3O3. The zero-order chi connectivity index (χ0) is 13.9. The van der Waals surface area contributed by atoms with Gasteiger partial charge < -0.3 is 9.32 Å². The van der Waals surface area contributed by atoms with Crippen molar-refractivity contribution in [3.05, 3.63) is 33.8 Å². The Morgan fingerprint density at radius 2 is 2.28 bits per heavy atom. The lowest BCUT2D eigenvalue weighted by molar-refractivity contribution is -0.592. The summed E-state index contributed by atoms with van der Waals surface area (Å²) in [7, 11) is 1.31. The lowest BCUT2D eigenvalue weighted by Gasteiger charge is -2.24. The van der Waals surface area contributed by atoms with Crippen molar-refractivity contribution in [3.63, 3.8) is 0 Å². The standard InChI is InChI=1S/C10H13F2N3O3/c1-4-14(3)9(13-12)10(11,15(16)17)8-6-18-5-7(8)2/h5-6H,4H2,1-3H3. The van der Waals surface area contributed by atoms with Gasteiger partial charge in [0.05, 0.1) is 11.2 Å². The second-order valence-corrected chi connectivity index (χ2v) is 3.77. The van der Waals surface area contributed by atoms with Crippen LogP contribution in [0.5, 0.6) is 0 Å². The molecule has 0 fully saturated rings. The van der Waals surface area contributed by atoms with Gasteiger partial charge in [-0.25, -0.2) is 0 Å². The highest BCUT2D eigenvalue weighted by Gasteiger charge is 2.55. The maximum Gasteiger partial charge on any atom is 0.448 e. The van der Waals surface area contributed by atoms with Gasteiger partial charge in [-0.1, -0.05) is 9.70 Å². The summed E-state index contributed by atoms with van der Waals surface area (Å²) in [6.07, 6.45) is 2.03. The number of nitrogens with zero attached hydrogens (tertiary/aromatic N) is 3. The van der Waals surface area contributed by atoms with Crippen molar-refractivity contribution in [2.24, 2.45) is 5.21 Å². The summed E-state index contributed by atoms with van der Waals surface area (Å²) < 4.78 is 32.0. The molecule has 1 heterocycles. The van der Waals surface area contributed by atoms with Gasteiger partial charge in [0.1, 0.15) is 11.8 Å². The number of nitro groups is 1. The van der Waals surface area contributed by atoms with E-state index in [0.29, 0.717) is 0 Å². The zero-order valence-electron chi connectivity index (χ0n) is 10.2. The largest absolute Gasteiger partial charge is 0.472 e. The molecule has 0 saturated carbocycles. The summed E-state index contributed by atoms with van der Waals surface area (Å²) in [6, 6.07) is 0. The molecule has 100 valence electrons. The molecule has 0 spiro atoms. The second kappa shape index (κ2) is 5.11. The first-order valence-corrected chi connectivity index (χ1v) is 5.16. The second-order valence-electron chi connectivity index (χ2n) is 3.77. The summed E-state index contributed by atoms with van der Waals surface area (Å²) in [5.74, 6) is -4.18. The van der Waals surface area contributed by atoms with E-state index in [4.69, 9.17) is 4.42 Å². The average Bonchev–Trinajstić information content (AvgIpc) is 2.75. The Morgan fingerprint density at radius 1 is 1.67 bits per heavy atom. The van der Waals surface area contributed by atoms with E-state index in [1.54, 1.807) is 6.92 Å². The maximum atomic E-state index is 14.7. The SMILES string of the molecule is CCN(C)C(=NF)C(F)(c1cocc1C)[N+](=O)[O-]. The van der Waals surface area contributed by atoms with Crippen LogP contribution in [0.4, 0.5) is 8.87 Å². The molecule has 0 saturated heterocycles. The van der Waals surface area contributed by atoms with Crippen LogP contribution in [0.2, 0.25) is 0 Å². The van der Waals surface area contributed by atoms with Crippen LogP contribution >= 0.6 is 0 Å². The smallest absolute Gasteiger partial charge is 0.448 e. The number of rotatable bonds is 4. The minimum atomic E-state index is -3.27. The Hall–Kier alpha value is -1.99. The van der Waals surface area contributed by atoms with E-state index in [-0.39, 0.29) is 17.7 Å². The van der Waals surface area contributed by atoms with Gasteiger partial charge in [-0.05, 0) is 13.8 Å². The van der Waals surface area contributed by atoms with E-state index in [1.807, 2.05) is 0 Å². The van der Waals surface area contributed by atoms with Crippen LogP contribution in [0, 0.1) is 17.0 Å². The van der Waals surface area contributed by atoms with E-state index in [0.717, 1.165) is 17.4 Å². The average molecular weight is 261 g/mol. The van der Waals surface area contributed by atoms with E-state index < -0.39 is 16.6 Å². The van der Waals surface area contributed by atoms with Crippen molar-refractivity contribution in [2.45, 2.75) is 19.6 Å². The number of furan rings is 1. The minimum absolute atomic E-state index is 0.166. The number of likely N-dealkylation sites (N-methyl/N-ethyl adjacent to an activating group) is 1. The summed E-state index contributed by atoms with van der Waals surface area (Å²) in [4.78, 5) is 10.8. The molecule has 0 aliphatic rings. The van der Waals surface area contributed by atoms with Crippen LogP contribution in [0.25, 0.3) is 0 Å². The molecule has 1 atom stereocenters. The van der Waals surface area contributed by atoms with Gasteiger partial charge in [0, 0.05) is 19.2 Å². The minimum Gasteiger partial charge on any atom is -0.472 e. The van der Waals surface area contributed by atoms with Crippen molar-refractivity contribution < 1.29 is 18.2 Å². The van der Waals surface area contributed by atoms with Crippen LogP contribution in [0.1, 0.15) is 18.1 Å². The van der Waals surface area contributed by atoms with Gasteiger partial charge in [0.2, 0.25) is 0 Å². The number of aryl methyl sites for hydroxylation is 1. The van der Waals surface area contributed by atoms with Gasteiger partial charge in [-0.15, -0.1) is 0 Å². The fraction of sp³-hybridized carbons (Fsp3) is 0.500. The number of amidine groups is 1. The van der Waals surface area contributed by atoms with Gasteiger partial charge in [0.15, 0.2) is 0 Å². The molecule has 0 aliphatic heterocycles. The van der Waals surface area contributed by atoms with E-state index in [1.165, 1.54) is 14.0 Å². The number of hydrogen-bond donors (Lipinski definition) is 0. The van der Waals surface area contributed by atoms with E-state index in [9.17, 15) is 19.0 Å². The fourth-order valence-electron chi connectivity index (χ4n) is 1.52. The van der Waals surface area contributed by atoms with Crippen molar-refractivity contribution in [1.82, 2.24) is 4.90 Å². The van der Waals surface area contributed by atoms with Crippen LogP contribution in [0.3, 0.4) is 0 Å². The zero-order valence-corrected chi connectivity index (χ0v) is 10.2. The first-order chi connectivity index (χ1) is 8.39. The Balaban J connectivity index is 3.42. The van der Waals surface area contributed by atoms with E-state index >= 15 is 0 Å². The van der Waals surface area contributed by atoms with Crippen LogP contribution in [-0.2, 0) is 5.79 Å².